The lowest BCUT2D eigenvalue weighted by Gasteiger charge is -2.25. The lowest BCUT2D eigenvalue weighted by molar-refractivity contribution is 0.347. The number of hydrogen-bond acceptors (Lipinski definition) is 2. The number of rotatable bonds is 4. The lowest BCUT2D eigenvalue weighted by atomic mass is 9.95. The molecule has 15 heavy (non-hydrogen) atoms. The van der Waals surface area contributed by atoms with Gasteiger partial charge in [0.25, 0.3) is 0 Å². The zero-order valence-corrected chi connectivity index (χ0v) is 10.1. The Morgan fingerprint density at radius 3 is 2.73 bits per heavy atom. The summed E-state index contributed by atoms with van der Waals surface area (Å²) in [6, 6.07) is 3.49. The van der Waals surface area contributed by atoms with Crippen LogP contribution >= 0.6 is 0 Å². The second-order valence-electron chi connectivity index (χ2n) is 4.84. The minimum absolute atomic E-state index is 0.242. The van der Waals surface area contributed by atoms with Crippen LogP contribution in [-0.2, 0) is 0 Å². The van der Waals surface area contributed by atoms with Crippen molar-refractivity contribution < 1.29 is 0 Å². The van der Waals surface area contributed by atoms with Crippen LogP contribution in [-0.4, -0.2) is 12.1 Å². The maximum Gasteiger partial charge on any atom is 0.0672 e. The molecule has 0 aliphatic heterocycles. The van der Waals surface area contributed by atoms with Gasteiger partial charge in [-0.2, -0.15) is 5.26 Å². The summed E-state index contributed by atoms with van der Waals surface area (Å²) < 4.78 is 0. The molecule has 3 unspecified atom stereocenters. The second kappa shape index (κ2) is 6.85. The third kappa shape index (κ3) is 4.22. The van der Waals surface area contributed by atoms with E-state index in [9.17, 15) is 0 Å². The molecule has 0 radical (unpaired) electrons. The predicted molar refractivity (Wildman–Crippen MR) is 63.5 cm³/mol. The molecular formula is C13H24N2. The molecule has 0 amide bonds. The zero-order chi connectivity index (χ0) is 11.1. The predicted octanol–water partition coefficient (Wildman–Crippen LogP) is 3.24. The Morgan fingerprint density at radius 2 is 2.07 bits per heavy atom. The van der Waals surface area contributed by atoms with E-state index in [1.165, 1.54) is 38.5 Å². The Balaban J connectivity index is 2.44. The maximum atomic E-state index is 9.14. The summed E-state index contributed by atoms with van der Waals surface area (Å²) in [5, 5.41) is 12.8. The molecule has 0 aromatic rings. The van der Waals surface area contributed by atoms with E-state index in [0.717, 1.165) is 6.42 Å². The first-order valence-electron chi connectivity index (χ1n) is 6.43. The van der Waals surface area contributed by atoms with Gasteiger partial charge in [-0.15, -0.1) is 0 Å². The van der Waals surface area contributed by atoms with Crippen molar-refractivity contribution in [3.8, 4) is 6.07 Å². The van der Waals surface area contributed by atoms with Crippen LogP contribution in [0.2, 0.25) is 0 Å². The Labute approximate surface area is 94.1 Å². The largest absolute Gasteiger partial charge is 0.310 e. The summed E-state index contributed by atoms with van der Waals surface area (Å²) >= 11 is 0. The molecule has 1 N–H and O–H groups in total. The first-order chi connectivity index (χ1) is 7.27. The van der Waals surface area contributed by atoms with Crippen molar-refractivity contribution >= 4 is 0 Å². The molecule has 0 heterocycles. The van der Waals surface area contributed by atoms with E-state index in [-0.39, 0.29) is 5.92 Å². The molecule has 3 atom stereocenters. The molecule has 1 aliphatic rings. The topological polar surface area (TPSA) is 35.8 Å². The minimum Gasteiger partial charge on any atom is -0.310 e. The van der Waals surface area contributed by atoms with Gasteiger partial charge in [-0.3, -0.25) is 0 Å². The van der Waals surface area contributed by atoms with Crippen LogP contribution < -0.4 is 5.32 Å². The normalized spacial score (nSPS) is 29.1. The van der Waals surface area contributed by atoms with Crippen molar-refractivity contribution in [2.45, 2.75) is 70.9 Å². The first kappa shape index (κ1) is 12.5. The SMILES string of the molecule is CCCC(C)NC1CCCCCC1C#N. The second-order valence-corrected chi connectivity index (χ2v) is 4.84. The molecule has 1 saturated carbocycles. The molecule has 0 aromatic carbocycles. The van der Waals surface area contributed by atoms with Gasteiger partial charge in [0.15, 0.2) is 0 Å². The summed E-state index contributed by atoms with van der Waals surface area (Å²) in [6.07, 6.45) is 8.54. The van der Waals surface area contributed by atoms with Crippen LogP contribution in [0.5, 0.6) is 0 Å². The van der Waals surface area contributed by atoms with Crippen molar-refractivity contribution in [3.05, 3.63) is 0 Å². The molecule has 1 aliphatic carbocycles. The highest BCUT2D eigenvalue weighted by molar-refractivity contribution is 4.94. The quantitative estimate of drug-likeness (QED) is 0.720. The minimum atomic E-state index is 0.242. The molecule has 1 fully saturated rings. The summed E-state index contributed by atoms with van der Waals surface area (Å²) in [5.74, 6) is 0.242. The maximum absolute atomic E-state index is 9.14. The highest BCUT2D eigenvalue weighted by Gasteiger charge is 2.24. The number of nitrogens with one attached hydrogen (secondary N) is 1. The Bertz CT molecular complexity index is 207. The van der Waals surface area contributed by atoms with Gasteiger partial charge in [0.1, 0.15) is 0 Å². The van der Waals surface area contributed by atoms with Crippen molar-refractivity contribution in [2.75, 3.05) is 0 Å². The van der Waals surface area contributed by atoms with E-state index in [1.807, 2.05) is 0 Å². The van der Waals surface area contributed by atoms with Gasteiger partial charge < -0.3 is 5.32 Å². The first-order valence-corrected chi connectivity index (χ1v) is 6.43. The molecule has 0 aromatic heterocycles. The summed E-state index contributed by atoms with van der Waals surface area (Å²) in [6.45, 7) is 4.45. The van der Waals surface area contributed by atoms with Crippen LogP contribution in [0.25, 0.3) is 0 Å². The smallest absolute Gasteiger partial charge is 0.0672 e. The highest BCUT2D eigenvalue weighted by Crippen LogP contribution is 2.23. The lowest BCUT2D eigenvalue weighted by Crippen LogP contribution is -2.40. The average molecular weight is 208 g/mol. The molecule has 0 bridgehead atoms. The van der Waals surface area contributed by atoms with Crippen LogP contribution in [0.4, 0.5) is 0 Å². The molecule has 0 spiro atoms. The molecule has 2 heteroatoms. The molecule has 0 saturated heterocycles. The van der Waals surface area contributed by atoms with Crippen LogP contribution in [0, 0.1) is 17.2 Å². The van der Waals surface area contributed by atoms with Crippen molar-refractivity contribution in [1.29, 1.82) is 5.26 Å². The van der Waals surface area contributed by atoms with Crippen molar-refractivity contribution in [3.63, 3.8) is 0 Å². The van der Waals surface area contributed by atoms with Gasteiger partial charge in [-0.1, -0.05) is 32.6 Å². The van der Waals surface area contributed by atoms with E-state index < -0.39 is 0 Å². The summed E-state index contributed by atoms with van der Waals surface area (Å²) in [5.41, 5.74) is 0. The summed E-state index contributed by atoms with van der Waals surface area (Å²) in [4.78, 5) is 0. The number of nitrogens with zero attached hydrogens (tertiary/aromatic N) is 1. The van der Waals surface area contributed by atoms with Gasteiger partial charge in [0.05, 0.1) is 12.0 Å². The van der Waals surface area contributed by atoms with E-state index in [2.05, 4.69) is 25.2 Å². The van der Waals surface area contributed by atoms with Gasteiger partial charge in [0, 0.05) is 12.1 Å². The number of hydrogen-bond donors (Lipinski definition) is 1. The average Bonchev–Trinajstić information content (AvgIpc) is 2.43. The fraction of sp³-hybridized carbons (Fsp3) is 0.923. The van der Waals surface area contributed by atoms with Gasteiger partial charge in [-0.05, 0) is 26.2 Å². The summed E-state index contributed by atoms with van der Waals surface area (Å²) in [7, 11) is 0. The Hall–Kier alpha value is -0.550. The third-order valence-corrected chi connectivity index (χ3v) is 3.40. The Kier molecular flexibility index (Phi) is 5.71. The van der Waals surface area contributed by atoms with Crippen LogP contribution in [0.1, 0.15) is 58.8 Å². The van der Waals surface area contributed by atoms with Crippen molar-refractivity contribution in [2.24, 2.45) is 5.92 Å². The number of nitriles is 1. The van der Waals surface area contributed by atoms with Gasteiger partial charge in [0.2, 0.25) is 0 Å². The zero-order valence-electron chi connectivity index (χ0n) is 10.1. The fourth-order valence-electron chi connectivity index (χ4n) is 2.54. The van der Waals surface area contributed by atoms with Crippen LogP contribution in [0.3, 0.4) is 0 Å². The van der Waals surface area contributed by atoms with E-state index in [1.54, 1.807) is 0 Å². The van der Waals surface area contributed by atoms with E-state index in [0.29, 0.717) is 12.1 Å². The molecule has 1 rings (SSSR count). The molecule has 2 nitrogen and oxygen atoms in total. The van der Waals surface area contributed by atoms with Gasteiger partial charge >= 0.3 is 0 Å². The fourth-order valence-corrected chi connectivity index (χ4v) is 2.54. The Morgan fingerprint density at radius 1 is 1.33 bits per heavy atom. The standard InChI is InChI=1S/C13H24N2/c1-3-7-11(2)15-13-9-6-4-5-8-12(13)10-14/h11-13,15H,3-9H2,1-2H3. The van der Waals surface area contributed by atoms with Gasteiger partial charge in [-0.25, -0.2) is 0 Å². The van der Waals surface area contributed by atoms with E-state index in [4.69, 9.17) is 5.26 Å². The molecular weight excluding hydrogens is 184 g/mol. The van der Waals surface area contributed by atoms with Crippen molar-refractivity contribution in [1.82, 2.24) is 5.32 Å². The molecule has 86 valence electrons. The third-order valence-electron chi connectivity index (χ3n) is 3.40. The highest BCUT2D eigenvalue weighted by atomic mass is 14.9. The van der Waals surface area contributed by atoms with E-state index >= 15 is 0 Å². The monoisotopic (exact) mass is 208 g/mol. The van der Waals surface area contributed by atoms with Crippen LogP contribution in [0.15, 0.2) is 0 Å².